The van der Waals surface area contributed by atoms with Crippen LogP contribution in [0.15, 0.2) is 48.8 Å². The number of hydrogen-bond donors (Lipinski definition) is 1. The maximum absolute atomic E-state index is 12.2. The molecule has 0 aliphatic carbocycles. The number of fused-ring (bicyclic) bond motifs is 1. The molecule has 0 aliphatic rings. The Balaban J connectivity index is 1.67. The summed E-state index contributed by atoms with van der Waals surface area (Å²) in [6.45, 7) is 0.663. The number of amides is 1. The van der Waals surface area contributed by atoms with Gasteiger partial charge in [-0.2, -0.15) is 5.26 Å². The summed E-state index contributed by atoms with van der Waals surface area (Å²) < 4.78 is 1.91. The highest BCUT2D eigenvalue weighted by Crippen LogP contribution is 2.25. The van der Waals surface area contributed by atoms with Crippen molar-refractivity contribution in [1.82, 2.24) is 9.30 Å². The van der Waals surface area contributed by atoms with E-state index < -0.39 is 0 Å². The standard InChI is InChI=1S/C19H16Cl2N4O/c1-24(12-19(26)23-14-5-6-16(20)17(21)8-14)10-13-11-25-7-3-2-4-18(25)15(13)9-22/h2-8,11H,10,12H2,1H3,(H,23,26). The number of benzene rings is 1. The van der Waals surface area contributed by atoms with E-state index in [1.807, 2.05) is 46.9 Å². The second-order valence-corrected chi connectivity index (χ2v) is 6.80. The van der Waals surface area contributed by atoms with Crippen LogP contribution in [0.4, 0.5) is 5.69 Å². The number of anilines is 1. The zero-order valence-corrected chi connectivity index (χ0v) is 15.6. The third-order valence-electron chi connectivity index (χ3n) is 3.93. The SMILES string of the molecule is CN(CC(=O)Nc1ccc(Cl)c(Cl)c1)Cc1cn2ccccc2c1C#N. The number of pyridine rings is 1. The van der Waals surface area contributed by atoms with Gasteiger partial charge in [0.1, 0.15) is 6.07 Å². The molecule has 26 heavy (non-hydrogen) atoms. The molecule has 0 unspecified atom stereocenters. The van der Waals surface area contributed by atoms with Crippen LogP contribution in [-0.4, -0.2) is 28.8 Å². The van der Waals surface area contributed by atoms with Crippen LogP contribution >= 0.6 is 23.2 Å². The van der Waals surface area contributed by atoms with Gasteiger partial charge in [0, 0.05) is 30.2 Å². The third kappa shape index (κ3) is 4.00. The molecule has 0 radical (unpaired) electrons. The van der Waals surface area contributed by atoms with Crippen LogP contribution in [0.5, 0.6) is 0 Å². The molecular formula is C19H16Cl2N4O. The smallest absolute Gasteiger partial charge is 0.238 e. The molecule has 0 saturated carbocycles. The molecule has 7 heteroatoms. The quantitative estimate of drug-likeness (QED) is 0.714. The minimum Gasteiger partial charge on any atom is -0.325 e. The number of carbonyl (C=O) groups is 1. The molecule has 5 nitrogen and oxygen atoms in total. The Labute approximate surface area is 161 Å². The van der Waals surface area contributed by atoms with Crippen molar-refractivity contribution in [2.45, 2.75) is 6.54 Å². The summed E-state index contributed by atoms with van der Waals surface area (Å²) in [7, 11) is 1.83. The van der Waals surface area contributed by atoms with Gasteiger partial charge >= 0.3 is 0 Å². The van der Waals surface area contributed by atoms with Crippen molar-refractivity contribution in [2.75, 3.05) is 18.9 Å². The molecule has 0 bridgehead atoms. The van der Waals surface area contributed by atoms with Crippen molar-refractivity contribution in [1.29, 1.82) is 5.26 Å². The third-order valence-corrected chi connectivity index (χ3v) is 4.67. The zero-order chi connectivity index (χ0) is 18.7. The maximum atomic E-state index is 12.2. The number of aromatic nitrogens is 1. The fourth-order valence-corrected chi connectivity index (χ4v) is 3.09. The summed E-state index contributed by atoms with van der Waals surface area (Å²) in [5.41, 5.74) is 2.95. The first-order chi connectivity index (χ1) is 12.5. The largest absolute Gasteiger partial charge is 0.325 e. The lowest BCUT2D eigenvalue weighted by Gasteiger charge is -2.16. The Bertz CT molecular complexity index is 1010. The molecule has 3 rings (SSSR count). The predicted molar refractivity (Wildman–Crippen MR) is 104 cm³/mol. The molecule has 1 aromatic carbocycles. The van der Waals surface area contributed by atoms with Gasteiger partial charge in [-0.15, -0.1) is 0 Å². The summed E-state index contributed by atoms with van der Waals surface area (Å²) in [6, 6.07) is 12.9. The number of rotatable bonds is 5. The van der Waals surface area contributed by atoms with E-state index in [0.717, 1.165) is 11.1 Å². The van der Waals surface area contributed by atoms with Crippen LogP contribution in [0, 0.1) is 11.3 Å². The Hall–Kier alpha value is -2.52. The van der Waals surface area contributed by atoms with Crippen LogP contribution in [0.1, 0.15) is 11.1 Å². The molecular weight excluding hydrogens is 371 g/mol. The van der Waals surface area contributed by atoms with E-state index in [2.05, 4.69) is 11.4 Å². The van der Waals surface area contributed by atoms with Crippen LogP contribution in [0.3, 0.4) is 0 Å². The summed E-state index contributed by atoms with van der Waals surface area (Å²) in [5.74, 6) is -0.173. The molecule has 0 aliphatic heterocycles. The van der Waals surface area contributed by atoms with Gasteiger partial charge in [-0.25, -0.2) is 0 Å². The van der Waals surface area contributed by atoms with Crippen molar-refractivity contribution in [3.05, 3.63) is 70.0 Å². The van der Waals surface area contributed by atoms with E-state index in [-0.39, 0.29) is 12.5 Å². The van der Waals surface area contributed by atoms with Crippen molar-refractivity contribution in [3.63, 3.8) is 0 Å². The number of halogens is 2. The Morgan fingerprint density at radius 2 is 2.08 bits per heavy atom. The van der Waals surface area contributed by atoms with Crippen molar-refractivity contribution >= 4 is 40.3 Å². The summed E-state index contributed by atoms with van der Waals surface area (Å²) in [5, 5.41) is 13.1. The van der Waals surface area contributed by atoms with Gasteiger partial charge < -0.3 is 9.72 Å². The van der Waals surface area contributed by atoms with Crippen molar-refractivity contribution in [3.8, 4) is 6.07 Å². The topological polar surface area (TPSA) is 60.5 Å². The van der Waals surface area contributed by atoms with E-state index in [9.17, 15) is 10.1 Å². The zero-order valence-electron chi connectivity index (χ0n) is 14.0. The number of likely N-dealkylation sites (N-methyl/N-ethyl adjacent to an activating group) is 1. The summed E-state index contributed by atoms with van der Waals surface area (Å²) >= 11 is 11.8. The molecule has 3 aromatic rings. The Kier molecular flexibility index (Phi) is 5.48. The molecule has 0 atom stereocenters. The monoisotopic (exact) mass is 386 g/mol. The Morgan fingerprint density at radius 1 is 1.27 bits per heavy atom. The highest BCUT2D eigenvalue weighted by molar-refractivity contribution is 6.42. The molecule has 132 valence electrons. The number of nitriles is 1. The molecule has 1 amide bonds. The molecule has 0 spiro atoms. The maximum Gasteiger partial charge on any atom is 0.238 e. The molecule has 2 heterocycles. The lowest BCUT2D eigenvalue weighted by Crippen LogP contribution is -2.29. The lowest BCUT2D eigenvalue weighted by molar-refractivity contribution is -0.117. The molecule has 0 fully saturated rings. The lowest BCUT2D eigenvalue weighted by atomic mass is 10.1. The second kappa shape index (κ2) is 7.79. The highest BCUT2D eigenvalue weighted by Gasteiger charge is 2.14. The molecule has 1 N–H and O–H groups in total. The van der Waals surface area contributed by atoms with Crippen LogP contribution in [-0.2, 0) is 11.3 Å². The average molecular weight is 387 g/mol. The van der Waals surface area contributed by atoms with E-state index in [1.54, 1.807) is 18.2 Å². The Morgan fingerprint density at radius 3 is 2.81 bits per heavy atom. The number of nitrogens with zero attached hydrogens (tertiary/aromatic N) is 3. The van der Waals surface area contributed by atoms with Gasteiger partial charge in [-0.05, 0) is 37.4 Å². The minimum absolute atomic E-state index is 0.173. The van der Waals surface area contributed by atoms with Gasteiger partial charge in [-0.1, -0.05) is 29.3 Å². The fourth-order valence-electron chi connectivity index (χ4n) is 2.79. The number of carbonyl (C=O) groups excluding carboxylic acids is 1. The number of nitrogens with one attached hydrogen (secondary N) is 1. The number of hydrogen-bond acceptors (Lipinski definition) is 3. The van der Waals surface area contributed by atoms with E-state index in [1.165, 1.54) is 0 Å². The van der Waals surface area contributed by atoms with Gasteiger partial charge in [0.25, 0.3) is 0 Å². The predicted octanol–water partition coefficient (Wildman–Crippen LogP) is 4.19. The first kappa shape index (κ1) is 18.3. The second-order valence-electron chi connectivity index (χ2n) is 5.98. The van der Waals surface area contributed by atoms with Crippen LogP contribution < -0.4 is 5.32 Å². The van der Waals surface area contributed by atoms with Gasteiger partial charge in [-0.3, -0.25) is 9.69 Å². The van der Waals surface area contributed by atoms with Crippen LogP contribution in [0.25, 0.3) is 5.52 Å². The fraction of sp³-hybridized carbons (Fsp3) is 0.158. The average Bonchev–Trinajstić information content (AvgIpc) is 2.94. The van der Waals surface area contributed by atoms with Gasteiger partial charge in [0.05, 0.1) is 27.7 Å². The van der Waals surface area contributed by atoms with E-state index >= 15 is 0 Å². The van der Waals surface area contributed by atoms with E-state index in [0.29, 0.717) is 27.8 Å². The normalized spacial score (nSPS) is 10.9. The summed E-state index contributed by atoms with van der Waals surface area (Å²) in [4.78, 5) is 14.1. The first-order valence-corrected chi connectivity index (χ1v) is 8.65. The van der Waals surface area contributed by atoms with Gasteiger partial charge in [0.2, 0.25) is 5.91 Å². The highest BCUT2D eigenvalue weighted by atomic mass is 35.5. The minimum atomic E-state index is -0.173. The van der Waals surface area contributed by atoms with Gasteiger partial charge in [0.15, 0.2) is 0 Å². The van der Waals surface area contributed by atoms with Crippen LogP contribution in [0.2, 0.25) is 10.0 Å². The first-order valence-electron chi connectivity index (χ1n) is 7.90. The summed E-state index contributed by atoms with van der Waals surface area (Å²) in [6.07, 6.45) is 3.82. The van der Waals surface area contributed by atoms with E-state index in [4.69, 9.17) is 23.2 Å². The van der Waals surface area contributed by atoms with Crippen molar-refractivity contribution < 1.29 is 4.79 Å². The van der Waals surface area contributed by atoms with Crippen molar-refractivity contribution in [2.24, 2.45) is 0 Å². The molecule has 0 saturated heterocycles. The molecule has 2 aromatic heterocycles.